The topological polar surface area (TPSA) is 56.8 Å². The Morgan fingerprint density at radius 1 is 1.08 bits per heavy atom. The lowest BCUT2D eigenvalue weighted by molar-refractivity contribution is 0.102. The molecule has 3 rings (SSSR count). The van der Waals surface area contributed by atoms with Crippen LogP contribution in [0.3, 0.4) is 0 Å². The molecule has 0 fully saturated rings. The summed E-state index contributed by atoms with van der Waals surface area (Å²) in [5.41, 5.74) is 1.26. The molecule has 25 heavy (non-hydrogen) atoms. The molecule has 0 spiro atoms. The summed E-state index contributed by atoms with van der Waals surface area (Å²) in [4.78, 5) is 12.4. The first-order valence-electron chi connectivity index (χ1n) is 8.70. The average Bonchev–Trinajstić information content (AvgIpc) is 2.87. The summed E-state index contributed by atoms with van der Waals surface area (Å²) in [7, 11) is 0. The summed E-state index contributed by atoms with van der Waals surface area (Å²) in [5, 5.41) is 2.89. The second kappa shape index (κ2) is 8.42. The molecule has 0 radical (unpaired) electrons. The maximum atomic E-state index is 12.4. The van der Waals surface area contributed by atoms with Crippen LogP contribution in [0.15, 0.2) is 42.5 Å². The van der Waals surface area contributed by atoms with Crippen molar-refractivity contribution < 1.29 is 19.0 Å². The van der Waals surface area contributed by atoms with Crippen molar-refractivity contribution in [2.45, 2.75) is 26.2 Å². The number of fused-ring (bicyclic) bond motifs is 1. The molecule has 5 heteroatoms. The smallest absolute Gasteiger partial charge is 0.255 e. The van der Waals surface area contributed by atoms with E-state index in [9.17, 15) is 4.79 Å². The number of hydrogen-bond donors (Lipinski definition) is 1. The highest BCUT2D eigenvalue weighted by Crippen LogP contribution is 2.32. The third-order valence-electron chi connectivity index (χ3n) is 3.89. The number of hydrogen-bond acceptors (Lipinski definition) is 4. The van der Waals surface area contributed by atoms with Gasteiger partial charge in [0.1, 0.15) is 5.75 Å². The number of carbonyl (C=O) groups excluding carboxylic acids is 1. The van der Waals surface area contributed by atoms with E-state index in [0.29, 0.717) is 42.6 Å². The number of anilines is 1. The second-order valence-electron chi connectivity index (χ2n) is 5.89. The molecule has 0 aliphatic carbocycles. The zero-order valence-corrected chi connectivity index (χ0v) is 14.4. The predicted octanol–water partition coefficient (Wildman–Crippen LogP) is 4.28. The lowest BCUT2D eigenvalue weighted by atomic mass is 10.2. The van der Waals surface area contributed by atoms with Gasteiger partial charge < -0.3 is 19.5 Å². The van der Waals surface area contributed by atoms with Crippen molar-refractivity contribution in [1.29, 1.82) is 0 Å². The van der Waals surface area contributed by atoms with Gasteiger partial charge in [0.25, 0.3) is 5.91 Å². The third kappa shape index (κ3) is 4.66. The van der Waals surface area contributed by atoms with Gasteiger partial charge in [-0.3, -0.25) is 4.79 Å². The van der Waals surface area contributed by atoms with E-state index < -0.39 is 0 Å². The Morgan fingerprint density at radius 2 is 1.84 bits per heavy atom. The molecule has 1 N–H and O–H groups in total. The molecule has 0 saturated heterocycles. The van der Waals surface area contributed by atoms with E-state index in [4.69, 9.17) is 14.2 Å². The Kier molecular flexibility index (Phi) is 5.77. The van der Waals surface area contributed by atoms with E-state index >= 15 is 0 Å². The van der Waals surface area contributed by atoms with Gasteiger partial charge >= 0.3 is 0 Å². The van der Waals surface area contributed by atoms with Gasteiger partial charge in [0.05, 0.1) is 19.8 Å². The molecule has 0 unspecified atom stereocenters. The Labute approximate surface area is 147 Å². The molecule has 0 saturated carbocycles. The minimum atomic E-state index is -0.172. The summed E-state index contributed by atoms with van der Waals surface area (Å²) >= 11 is 0. The fourth-order valence-corrected chi connectivity index (χ4v) is 2.48. The molecular weight excluding hydrogens is 318 g/mol. The van der Waals surface area contributed by atoms with Gasteiger partial charge in [0, 0.05) is 23.7 Å². The zero-order valence-electron chi connectivity index (χ0n) is 14.4. The Morgan fingerprint density at radius 3 is 2.60 bits per heavy atom. The van der Waals surface area contributed by atoms with Gasteiger partial charge in [-0.25, -0.2) is 0 Å². The maximum Gasteiger partial charge on any atom is 0.255 e. The summed E-state index contributed by atoms with van der Waals surface area (Å²) in [5.74, 6) is 1.98. The van der Waals surface area contributed by atoms with Gasteiger partial charge in [0.15, 0.2) is 11.5 Å². The van der Waals surface area contributed by atoms with E-state index in [2.05, 4.69) is 12.2 Å². The van der Waals surface area contributed by atoms with Crippen LogP contribution in [0.25, 0.3) is 0 Å². The molecule has 0 aromatic heterocycles. The van der Waals surface area contributed by atoms with Crippen LogP contribution in [0, 0.1) is 0 Å². The van der Waals surface area contributed by atoms with Crippen LogP contribution in [0.2, 0.25) is 0 Å². The van der Waals surface area contributed by atoms with Crippen LogP contribution >= 0.6 is 0 Å². The quantitative estimate of drug-likeness (QED) is 0.797. The van der Waals surface area contributed by atoms with Gasteiger partial charge in [-0.05, 0) is 42.8 Å². The highest BCUT2D eigenvalue weighted by Gasteiger charge is 2.12. The molecule has 1 aliphatic rings. The van der Waals surface area contributed by atoms with Crippen molar-refractivity contribution in [1.82, 2.24) is 0 Å². The number of amides is 1. The fraction of sp³-hybridized carbons (Fsp3) is 0.350. The van der Waals surface area contributed by atoms with Crippen molar-refractivity contribution in [3.8, 4) is 17.2 Å². The van der Waals surface area contributed by atoms with E-state index in [0.717, 1.165) is 25.0 Å². The average molecular weight is 341 g/mol. The summed E-state index contributed by atoms with van der Waals surface area (Å²) in [6, 6.07) is 12.6. The number of nitrogens with one attached hydrogen (secondary N) is 1. The molecule has 2 aromatic carbocycles. The molecule has 5 nitrogen and oxygen atoms in total. The number of unbranched alkanes of at least 4 members (excludes halogenated alkanes) is 1. The van der Waals surface area contributed by atoms with Crippen molar-refractivity contribution >= 4 is 11.6 Å². The maximum absolute atomic E-state index is 12.4. The fourth-order valence-electron chi connectivity index (χ4n) is 2.48. The second-order valence-corrected chi connectivity index (χ2v) is 5.89. The van der Waals surface area contributed by atoms with Crippen molar-refractivity contribution in [2.75, 3.05) is 25.1 Å². The van der Waals surface area contributed by atoms with Crippen LogP contribution < -0.4 is 19.5 Å². The zero-order chi connectivity index (χ0) is 17.5. The van der Waals surface area contributed by atoms with Gasteiger partial charge in [0.2, 0.25) is 0 Å². The number of ether oxygens (including phenoxy) is 3. The Balaban J connectivity index is 1.63. The first-order chi connectivity index (χ1) is 12.3. The van der Waals surface area contributed by atoms with Gasteiger partial charge in [-0.2, -0.15) is 0 Å². The first kappa shape index (κ1) is 17.1. The largest absolute Gasteiger partial charge is 0.494 e. The van der Waals surface area contributed by atoms with Crippen LogP contribution in [-0.2, 0) is 0 Å². The summed E-state index contributed by atoms with van der Waals surface area (Å²) in [6.45, 7) is 4.07. The van der Waals surface area contributed by atoms with Crippen LogP contribution in [-0.4, -0.2) is 25.7 Å². The molecule has 1 heterocycles. The van der Waals surface area contributed by atoms with Crippen molar-refractivity contribution in [3.05, 3.63) is 48.0 Å². The van der Waals surface area contributed by atoms with Gasteiger partial charge in [-0.15, -0.1) is 0 Å². The molecule has 0 atom stereocenters. The van der Waals surface area contributed by atoms with Crippen molar-refractivity contribution in [2.24, 2.45) is 0 Å². The summed E-state index contributed by atoms with van der Waals surface area (Å²) in [6.07, 6.45) is 2.96. The standard InChI is InChI=1S/C20H23NO4/c1-2-3-11-23-17-8-5-15(6-9-17)20(22)21-16-7-10-18-19(14-16)25-13-4-12-24-18/h5-10,14H,2-4,11-13H2,1H3,(H,21,22). The lowest BCUT2D eigenvalue weighted by Crippen LogP contribution is -2.12. The Bertz CT molecular complexity index is 712. The number of benzene rings is 2. The number of rotatable bonds is 6. The van der Waals surface area contributed by atoms with Crippen molar-refractivity contribution in [3.63, 3.8) is 0 Å². The highest BCUT2D eigenvalue weighted by atomic mass is 16.5. The predicted molar refractivity (Wildman–Crippen MR) is 96.8 cm³/mol. The van der Waals surface area contributed by atoms with E-state index in [1.165, 1.54) is 0 Å². The highest BCUT2D eigenvalue weighted by molar-refractivity contribution is 6.04. The van der Waals surface area contributed by atoms with Gasteiger partial charge in [-0.1, -0.05) is 13.3 Å². The SMILES string of the molecule is CCCCOc1ccc(C(=O)Nc2ccc3c(c2)OCCCO3)cc1. The number of carbonyl (C=O) groups is 1. The van der Waals surface area contributed by atoms with E-state index in [1.54, 1.807) is 18.2 Å². The minimum Gasteiger partial charge on any atom is -0.494 e. The van der Waals surface area contributed by atoms with Crippen LogP contribution in [0.1, 0.15) is 36.5 Å². The third-order valence-corrected chi connectivity index (χ3v) is 3.89. The molecule has 0 bridgehead atoms. The van der Waals surface area contributed by atoms with Crippen LogP contribution in [0.4, 0.5) is 5.69 Å². The molecule has 1 aliphatic heterocycles. The normalized spacial score (nSPS) is 13.0. The monoisotopic (exact) mass is 341 g/mol. The van der Waals surface area contributed by atoms with E-state index in [1.807, 2.05) is 24.3 Å². The Hall–Kier alpha value is -2.69. The molecule has 2 aromatic rings. The lowest BCUT2D eigenvalue weighted by Gasteiger charge is -2.11. The molecule has 1 amide bonds. The first-order valence-corrected chi connectivity index (χ1v) is 8.70. The molecule has 132 valence electrons. The van der Waals surface area contributed by atoms with Crippen LogP contribution in [0.5, 0.6) is 17.2 Å². The molecular formula is C20H23NO4. The van der Waals surface area contributed by atoms with E-state index in [-0.39, 0.29) is 5.91 Å². The minimum absolute atomic E-state index is 0.172. The summed E-state index contributed by atoms with van der Waals surface area (Å²) < 4.78 is 16.9.